The Morgan fingerprint density at radius 2 is 1.25 bits per heavy atom. The average molecular weight is 717 g/mol. The molecule has 0 radical (unpaired) electrons. The van der Waals surface area contributed by atoms with Gasteiger partial charge in [0.1, 0.15) is 0 Å². The van der Waals surface area contributed by atoms with Gasteiger partial charge in [-0.2, -0.15) is 0 Å². The van der Waals surface area contributed by atoms with E-state index in [-0.39, 0.29) is 0 Å². The van der Waals surface area contributed by atoms with Gasteiger partial charge in [-0.05, 0) is 71.5 Å². The first-order valence-electron chi connectivity index (χ1n) is 19.6. The number of para-hydroxylation sites is 3. The van der Waals surface area contributed by atoms with Crippen molar-refractivity contribution in [2.75, 3.05) is 0 Å². The SMILES string of the molecule is CC1C=CC(c2nc(-c3ccccc3)c3cc(-n4c5ccccc5c5c6c7ccccc7n(-c7ccccc7)c6c6c(c54)Cc4ccccc4-6)ccc3n2)=CC1. The van der Waals surface area contributed by atoms with Crippen LogP contribution in [0.1, 0.15) is 30.3 Å². The Bertz CT molecular complexity index is 3310. The molecule has 10 aromatic rings. The Morgan fingerprint density at radius 1 is 0.589 bits per heavy atom. The van der Waals surface area contributed by atoms with Crippen LogP contribution in [0.4, 0.5) is 0 Å². The van der Waals surface area contributed by atoms with Crippen LogP contribution in [-0.4, -0.2) is 19.1 Å². The third-order valence-electron chi connectivity index (χ3n) is 12.0. The second-order valence-electron chi connectivity index (χ2n) is 15.4. The van der Waals surface area contributed by atoms with E-state index in [1.807, 2.05) is 0 Å². The summed E-state index contributed by atoms with van der Waals surface area (Å²) < 4.78 is 5.03. The van der Waals surface area contributed by atoms with Crippen molar-refractivity contribution in [3.05, 3.63) is 187 Å². The van der Waals surface area contributed by atoms with Crippen molar-refractivity contribution in [1.29, 1.82) is 0 Å². The lowest BCUT2D eigenvalue weighted by Gasteiger charge is -2.16. The van der Waals surface area contributed by atoms with Gasteiger partial charge in [0, 0.05) is 61.4 Å². The van der Waals surface area contributed by atoms with Gasteiger partial charge in [-0.25, -0.2) is 9.97 Å². The zero-order chi connectivity index (χ0) is 36.9. The van der Waals surface area contributed by atoms with Crippen molar-refractivity contribution in [1.82, 2.24) is 19.1 Å². The molecule has 7 aromatic carbocycles. The summed E-state index contributed by atoms with van der Waals surface area (Å²) in [7, 11) is 0. The second kappa shape index (κ2) is 12.0. The summed E-state index contributed by atoms with van der Waals surface area (Å²) in [6, 6.07) is 55.2. The van der Waals surface area contributed by atoms with Crippen molar-refractivity contribution < 1.29 is 0 Å². The number of nitrogens with zero attached hydrogens (tertiary/aromatic N) is 4. The topological polar surface area (TPSA) is 35.6 Å². The van der Waals surface area contributed by atoms with E-state index in [1.54, 1.807) is 0 Å². The average Bonchev–Trinajstić information content (AvgIpc) is 3.92. The maximum atomic E-state index is 5.32. The smallest absolute Gasteiger partial charge is 0.160 e. The minimum Gasteiger partial charge on any atom is -0.309 e. The monoisotopic (exact) mass is 716 g/mol. The largest absolute Gasteiger partial charge is 0.309 e. The van der Waals surface area contributed by atoms with Gasteiger partial charge in [0.15, 0.2) is 5.82 Å². The number of allylic oxidation sites excluding steroid dienone is 4. The molecule has 0 saturated carbocycles. The maximum absolute atomic E-state index is 5.32. The molecule has 0 aliphatic heterocycles. The third kappa shape index (κ3) is 4.47. The highest BCUT2D eigenvalue weighted by molar-refractivity contribution is 6.33. The van der Waals surface area contributed by atoms with Crippen molar-refractivity contribution in [2.45, 2.75) is 19.8 Å². The van der Waals surface area contributed by atoms with E-state index >= 15 is 0 Å². The summed E-state index contributed by atoms with van der Waals surface area (Å²) >= 11 is 0. The van der Waals surface area contributed by atoms with Gasteiger partial charge < -0.3 is 9.13 Å². The lowest BCUT2D eigenvalue weighted by Crippen LogP contribution is -2.02. The molecular formula is C52H36N4. The molecule has 1 atom stereocenters. The number of hydrogen-bond acceptors (Lipinski definition) is 2. The maximum Gasteiger partial charge on any atom is 0.160 e. The van der Waals surface area contributed by atoms with Crippen LogP contribution in [0.2, 0.25) is 0 Å². The van der Waals surface area contributed by atoms with E-state index in [0.29, 0.717) is 5.92 Å². The highest BCUT2D eigenvalue weighted by Crippen LogP contribution is 2.52. The molecule has 0 fully saturated rings. The van der Waals surface area contributed by atoms with Crippen LogP contribution in [0, 0.1) is 5.92 Å². The molecule has 0 bridgehead atoms. The molecule has 0 spiro atoms. The molecule has 0 N–H and O–H groups in total. The van der Waals surface area contributed by atoms with Crippen LogP contribution in [0.15, 0.2) is 170 Å². The Balaban J connectivity index is 1.22. The van der Waals surface area contributed by atoms with E-state index in [2.05, 4.69) is 186 Å². The fraction of sp³-hybridized carbons (Fsp3) is 0.0769. The molecule has 4 heteroatoms. The Hall–Kier alpha value is -7.04. The molecule has 0 amide bonds. The summed E-state index contributed by atoms with van der Waals surface area (Å²) in [5, 5.41) is 6.15. The summed E-state index contributed by atoms with van der Waals surface area (Å²) in [5.74, 6) is 1.30. The standard InChI is InChI=1S/C52H36N4/c1-32-24-26-34(27-25-32)52-53-43-29-28-37(31-41(43)49(54-52)33-14-4-2-5-15-33)56-45-23-13-10-20-39(45)47-48-40-21-11-12-22-44(40)55(36-17-6-3-7-18-36)51(48)46-38-19-9-8-16-35(38)30-42(46)50(47)56/h2-24,26-29,31-32H,25,30H2,1H3. The fourth-order valence-corrected chi connectivity index (χ4v) is 9.55. The van der Waals surface area contributed by atoms with Gasteiger partial charge in [-0.15, -0.1) is 0 Å². The highest BCUT2D eigenvalue weighted by Gasteiger charge is 2.32. The minimum absolute atomic E-state index is 0.520. The van der Waals surface area contributed by atoms with Crippen LogP contribution >= 0.6 is 0 Å². The lowest BCUT2D eigenvalue weighted by molar-refractivity contribution is 0.738. The number of hydrogen-bond donors (Lipinski definition) is 0. The summed E-state index contributed by atoms with van der Waals surface area (Å²) in [6.07, 6.45) is 8.58. The Morgan fingerprint density at radius 3 is 2.00 bits per heavy atom. The van der Waals surface area contributed by atoms with E-state index in [1.165, 1.54) is 71.6 Å². The predicted molar refractivity (Wildman–Crippen MR) is 233 cm³/mol. The lowest BCUT2D eigenvalue weighted by atomic mass is 9.96. The second-order valence-corrected chi connectivity index (χ2v) is 15.4. The molecule has 56 heavy (non-hydrogen) atoms. The van der Waals surface area contributed by atoms with Crippen LogP contribution in [0.25, 0.3) is 93.8 Å². The first-order valence-corrected chi connectivity index (χ1v) is 19.6. The molecular weight excluding hydrogens is 681 g/mol. The zero-order valence-electron chi connectivity index (χ0n) is 30.9. The van der Waals surface area contributed by atoms with Crippen LogP contribution < -0.4 is 0 Å². The molecule has 2 aliphatic carbocycles. The predicted octanol–water partition coefficient (Wildman–Crippen LogP) is 13.0. The summed E-state index contributed by atoms with van der Waals surface area (Å²) in [4.78, 5) is 10.5. The fourth-order valence-electron chi connectivity index (χ4n) is 9.55. The quantitative estimate of drug-likeness (QED) is 0.182. The number of fused-ring (bicyclic) bond motifs is 13. The number of rotatable bonds is 4. The molecule has 3 aromatic heterocycles. The zero-order valence-corrected chi connectivity index (χ0v) is 30.9. The molecule has 3 heterocycles. The van der Waals surface area contributed by atoms with Gasteiger partial charge in [-0.1, -0.05) is 134 Å². The van der Waals surface area contributed by atoms with Crippen LogP contribution in [0.3, 0.4) is 0 Å². The minimum atomic E-state index is 0.520. The normalized spacial score (nSPS) is 14.9. The van der Waals surface area contributed by atoms with E-state index in [9.17, 15) is 0 Å². The number of aromatic nitrogens is 4. The molecule has 2 aliphatic rings. The molecule has 1 unspecified atom stereocenters. The van der Waals surface area contributed by atoms with Crippen molar-refractivity contribution in [3.63, 3.8) is 0 Å². The molecule has 264 valence electrons. The van der Waals surface area contributed by atoms with E-state index < -0.39 is 0 Å². The first-order chi connectivity index (χ1) is 27.7. The van der Waals surface area contributed by atoms with E-state index in [4.69, 9.17) is 9.97 Å². The van der Waals surface area contributed by atoms with Gasteiger partial charge in [0.25, 0.3) is 0 Å². The van der Waals surface area contributed by atoms with Crippen molar-refractivity contribution >= 4 is 60.1 Å². The van der Waals surface area contributed by atoms with E-state index in [0.717, 1.165) is 52.1 Å². The van der Waals surface area contributed by atoms with Gasteiger partial charge in [0.05, 0.1) is 33.3 Å². The van der Waals surface area contributed by atoms with Gasteiger partial charge in [-0.3, -0.25) is 0 Å². The molecule has 4 nitrogen and oxygen atoms in total. The molecule has 12 rings (SSSR count). The first kappa shape index (κ1) is 31.3. The highest BCUT2D eigenvalue weighted by atomic mass is 15.0. The summed E-state index contributed by atoms with van der Waals surface area (Å²) in [5.41, 5.74) is 16.7. The summed E-state index contributed by atoms with van der Waals surface area (Å²) in [6.45, 7) is 2.25. The van der Waals surface area contributed by atoms with Gasteiger partial charge in [0.2, 0.25) is 0 Å². The Kier molecular flexibility index (Phi) is 6.70. The Labute approximate surface area is 324 Å². The van der Waals surface area contributed by atoms with Gasteiger partial charge >= 0.3 is 0 Å². The molecule has 0 saturated heterocycles. The van der Waals surface area contributed by atoms with Crippen molar-refractivity contribution in [2.24, 2.45) is 5.92 Å². The van der Waals surface area contributed by atoms with Crippen LogP contribution in [0.5, 0.6) is 0 Å². The third-order valence-corrected chi connectivity index (χ3v) is 12.0. The van der Waals surface area contributed by atoms with Crippen LogP contribution in [-0.2, 0) is 6.42 Å². The van der Waals surface area contributed by atoms with Crippen molar-refractivity contribution in [3.8, 4) is 33.8 Å². The number of benzene rings is 7.